The topological polar surface area (TPSA) is 37.4 Å². The summed E-state index contributed by atoms with van der Waals surface area (Å²) in [4.78, 5) is -0.129. The van der Waals surface area contributed by atoms with E-state index in [2.05, 4.69) is 0 Å². The van der Waals surface area contributed by atoms with Crippen LogP contribution >= 0.6 is 23.4 Å². The zero-order valence-corrected chi connectivity index (χ0v) is 21.2. The van der Waals surface area contributed by atoms with Gasteiger partial charge in [-0.1, -0.05) is 17.7 Å². The van der Waals surface area contributed by atoms with Crippen molar-refractivity contribution in [2.24, 2.45) is 0 Å². The first-order valence-corrected chi connectivity index (χ1v) is 13.9. The van der Waals surface area contributed by atoms with Gasteiger partial charge in [-0.2, -0.15) is 11.8 Å². The molecule has 34 heavy (non-hydrogen) atoms. The van der Waals surface area contributed by atoms with Crippen molar-refractivity contribution in [3.05, 3.63) is 94.3 Å². The van der Waals surface area contributed by atoms with E-state index in [0.29, 0.717) is 22.6 Å². The number of aryl methyl sites for hydroxylation is 1. The molecule has 0 unspecified atom stereocenters. The van der Waals surface area contributed by atoms with Crippen LogP contribution in [0.5, 0.6) is 0 Å². The maximum Gasteiger partial charge on any atom is 0.264 e. The van der Waals surface area contributed by atoms with Crippen LogP contribution in [-0.4, -0.2) is 20.4 Å². The quantitative estimate of drug-likeness (QED) is 0.258. The van der Waals surface area contributed by atoms with E-state index in [9.17, 15) is 21.6 Å². The summed E-state index contributed by atoms with van der Waals surface area (Å²) in [7, 11) is -4.34. The summed E-state index contributed by atoms with van der Waals surface area (Å²) in [5, 5.41) is 0.335. The van der Waals surface area contributed by atoms with Crippen LogP contribution in [0.4, 0.5) is 18.9 Å². The fourth-order valence-electron chi connectivity index (χ4n) is 3.81. The minimum absolute atomic E-state index is 0.129. The number of rotatable bonds is 10. The number of sulfonamides is 1. The van der Waals surface area contributed by atoms with Crippen LogP contribution in [0.15, 0.2) is 65.6 Å². The van der Waals surface area contributed by atoms with Crippen LogP contribution in [0.3, 0.4) is 0 Å². The fraction of sp³-hybridized carbons (Fsp3) is 0.280. The normalized spacial score (nSPS) is 12.5. The molecule has 0 N–H and O–H groups in total. The van der Waals surface area contributed by atoms with E-state index in [0.717, 1.165) is 41.1 Å². The molecule has 0 fully saturated rings. The molecular formula is C25H25ClF3NO2S2. The number of benzene rings is 3. The Morgan fingerprint density at radius 3 is 2.26 bits per heavy atom. The van der Waals surface area contributed by atoms with Crippen molar-refractivity contribution in [2.45, 2.75) is 37.1 Å². The molecular weight excluding hydrogens is 503 g/mol. The zero-order chi connectivity index (χ0) is 24.9. The Balaban J connectivity index is 2.14. The molecule has 0 saturated heterocycles. The third-order valence-corrected chi connectivity index (χ3v) is 8.32. The fourth-order valence-corrected chi connectivity index (χ4v) is 6.06. The van der Waals surface area contributed by atoms with Gasteiger partial charge in [0.2, 0.25) is 0 Å². The largest absolute Gasteiger partial charge is 0.264 e. The monoisotopic (exact) mass is 527 g/mol. The van der Waals surface area contributed by atoms with Crippen molar-refractivity contribution in [3.63, 3.8) is 0 Å². The molecule has 3 aromatic rings. The van der Waals surface area contributed by atoms with Crippen molar-refractivity contribution in [1.29, 1.82) is 0 Å². The molecule has 3 nitrogen and oxygen atoms in total. The molecule has 3 rings (SSSR count). The highest BCUT2D eigenvalue weighted by molar-refractivity contribution is 7.98. The van der Waals surface area contributed by atoms with Crippen molar-refractivity contribution < 1.29 is 21.6 Å². The van der Waals surface area contributed by atoms with Crippen LogP contribution in [0, 0.1) is 17.5 Å². The predicted molar refractivity (Wildman–Crippen MR) is 134 cm³/mol. The summed E-state index contributed by atoms with van der Waals surface area (Å²) in [5.41, 5.74) is 0.716. The molecule has 0 saturated carbocycles. The molecule has 0 radical (unpaired) electrons. The van der Waals surface area contributed by atoms with Gasteiger partial charge < -0.3 is 0 Å². The summed E-state index contributed by atoms with van der Waals surface area (Å²) in [5.74, 6) is -1.17. The third kappa shape index (κ3) is 6.09. The van der Waals surface area contributed by atoms with Crippen LogP contribution in [0.25, 0.3) is 0 Å². The van der Waals surface area contributed by atoms with E-state index < -0.39 is 39.2 Å². The minimum Gasteiger partial charge on any atom is -0.256 e. The maximum atomic E-state index is 14.9. The lowest BCUT2D eigenvalue weighted by Crippen LogP contribution is -2.35. The van der Waals surface area contributed by atoms with Gasteiger partial charge in [-0.25, -0.2) is 21.6 Å². The van der Waals surface area contributed by atoms with Gasteiger partial charge in [0.25, 0.3) is 10.0 Å². The third-order valence-electron chi connectivity index (χ3n) is 5.47. The summed E-state index contributed by atoms with van der Waals surface area (Å²) < 4.78 is 71.4. The SMILES string of the molecule is CSCCCCc1cc(F)ccc1[C@@H](C)N(c1cc(F)ccc1F)S(=O)(=O)c1ccc(Cl)cc1. The number of hydrogen-bond acceptors (Lipinski definition) is 3. The van der Waals surface area contributed by atoms with Gasteiger partial charge in [-0.3, -0.25) is 4.31 Å². The Kier molecular flexibility index (Phi) is 8.95. The van der Waals surface area contributed by atoms with Crippen molar-refractivity contribution >= 4 is 39.1 Å². The number of thioether (sulfide) groups is 1. The van der Waals surface area contributed by atoms with Gasteiger partial charge >= 0.3 is 0 Å². The van der Waals surface area contributed by atoms with Crippen LogP contribution in [0.1, 0.15) is 36.9 Å². The Bertz CT molecular complexity index is 1240. The van der Waals surface area contributed by atoms with E-state index >= 15 is 0 Å². The number of anilines is 1. The second-order valence-electron chi connectivity index (χ2n) is 7.82. The average Bonchev–Trinajstić information content (AvgIpc) is 2.79. The smallest absolute Gasteiger partial charge is 0.256 e. The van der Waals surface area contributed by atoms with Gasteiger partial charge in [0.15, 0.2) is 0 Å². The molecule has 9 heteroatoms. The second-order valence-corrected chi connectivity index (χ2v) is 11.1. The lowest BCUT2D eigenvalue weighted by atomic mass is 9.97. The Morgan fingerprint density at radius 1 is 0.941 bits per heavy atom. The molecule has 0 heterocycles. The van der Waals surface area contributed by atoms with Gasteiger partial charge in [0.05, 0.1) is 16.6 Å². The Labute approximate surface area is 208 Å². The number of nitrogens with zero attached hydrogens (tertiary/aromatic N) is 1. The first-order chi connectivity index (χ1) is 16.1. The van der Waals surface area contributed by atoms with Crippen molar-refractivity contribution in [1.82, 2.24) is 0 Å². The molecule has 0 amide bonds. The zero-order valence-electron chi connectivity index (χ0n) is 18.8. The maximum absolute atomic E-state index is 14.9. The molecule has 0 bridgehead atoms. The Morgan fingerprint density at radius 2 is 1.59 bits per heavy atom. The van der Waals surface area contributed by atoms with Crippen molar-refractivity contribution in [3.8, 4) is 0 Å². The number of halogens is 4. The summed E-state index contributed by atoms with van der Waals surface area (Å²) in [6.45, 7) is 1.58. The van der Waals surface area contributed by atoms with E-state index in [1.807, 2.05) is 6.26 Å². The highest BCUT2D eigenvalue weighted by Gasteiger charge is 2.33. The van der Waals surface area contributed by atoms with E-state index in [1.165, 1.54) is 42.5 Å². The highest BCUT2D eigenvalue weighted by Crippen LogP contribution is 2.37. The summed E-state index contributed by atoms with van der Waals surface area (Å²) in [6.07, 6.45) is 4.22. The molecule has 0 aliphatic rings. The van der Waals surface area contributed by atoms with E-state index in [4.69, 9.17) is 11.6 Å². The predicted octanol–water partition coefficient (Wildman–Crippen LogP) is 7.40. The van der Waals surface area contributed by atoms with Gasteiger partial charge in [0, 0.05) is 11.1 Å². The molecule has 182 valence electrons. The first-order valence-electron chi connectivity index (χ1n) is 10.7. The van der Waals surface area contributed by atoms with E-state index in [1.54, 1.807) is 18.7 Å². The lowest BCUT2D eigenvalue weighted by Gasteiger charge is -2.32. The second kappa shape index (κ2) is 11.5. The first kappa shape index (κ1) is 26.4. The standard InChI is InChI=1S/C25H25ClF3NO2S2/c1-17(23-12-8-20(27)15-18(23)5-3-4-14-33-2)30(25-16-21(28)9-13-24(25)29)34(31,32)22-10-6-19(26)7-11-22/h6-13,15-17H,3-5,14H2,1-2H3/t17-/m1/s1. The summed E-state index contributed by atoms with van der Waals surface area (Å²) >= 11 is 7.62. The molecule has 0 aliphatic carbocycles. The summed E-state index contributed by atoms with van der Waals surface area (Å²) in [6, 6.07) is 11.3. The number of hydrogen-bond donors (Lipinski definition) is 0. The van der Waals surface area contributed by atoms with Crippen LogP contribution < -0.4 is 4.31 Å². The molecule has 0 aliphatic heterocycles. The molecule has 0 spiro atoms. The van der Waals surface area contributed by atoms with Crippen LogP contribution in [0.2, 0.25) is 5.02 Å². The van der Waals surface area contributed by atoms with E-state index in [-0.39, 0.29) is 4.90 Å². The Hall–Kier alpha value is -2.16. The van der Waals surface area contributed by atoms with Crippen molar-refractivity contribution in [2.75, 3.05) is 16.3 Å². The van der Waals surface area contributed by atoms with Crippen LogP contribution in [-0.2, 0) is 16.4 Å². The number of unbranched alkanes of at least 4 members (excludes halogenated alkanes) is 1. The molecule has 3 aromatic carbocycles. The minimum atomic E-state index is -4.34. The molecule has 0 aromatic heterocycles. The van der Waals surface area contributed by atoms with Gasteiger partial charge in [-0.05, 0) is 97.9 Å². The van der Waals surface area contributed by atoms with Gasteiger partial charge in [0.1, 0.15) is 17.5 Å². The highest BCUT2D eigenvalue weighted by atomic mass is 35.5. The van der Waals surface area contributed by atoms with Gasteiger partial charge in [-0.15, -0.1) is 0 Å². The lowest BCUT2D eigenvalue weighted by molar-refractivity contribution is 0.569. The molecule has 1 atom stereocenters. The average molecular weight is 528 g/mol.